The number of ketones is 1. The quantitative estimate of drug-likeness (QED) is 0.337. The number of ether oxygens (including phenoxy) is 1. The van der Waals surface area contributed by atoms with E-state index in [2.05, 4.69) is 20.7 Å². The summed E-state index contributed by atoms with van der Waals surface area (Å²) >= 11 is 2.47. The van der Waals surface area contributed by atoms with Crippen LogP contribution >= 0.6 is 23.1 Å². The summed E-state index contributed by atoms with van der Waals surface area (Å²) in [7, 11) is 1.58. The van der Waals surface area contributed by atoms with E-state index in [9.17, 15) is 9.59 Å². The Morgan fingerprint density at radius 3 is 2.79 bits per heavy atom. The van der Waals surface area contributed by atoms with E-state index < -0.39 is 5.91 Å². The Labute approximate surface area is 168 Å². The molecule has 1 N–H and O–H groups in total. The number of nitrogens with zero attached hydrogens (tertiary/aromatic N) is 3. The van der Waals surface area contributed by atoms with Gasteiger partial charge in [0.15, 0.2) is 15.8 Å². The van der Waals surface area contributed by atoms with Gasteiger partial charge in [-0.1, -0.05) is 28.3 Å². The normalized spacial score (nSPS) is 13.3. The van der Waals surface area contributed by atoms with Crippen LogP contribution in [0.4, 0.5) is 5.13 Å². The number of carbonyl (C=O) groups is 2. The van der Waals surface area contributed by atoms with Crippen LogP contribution in [0.15, 0.2) is 39.2 Å². The van der Waals surface area contributed by atoms with Gasteiger partial charge in [-0.05, 0) is 37.1 Å². The Morgan fingerprint density at radius 1 is 1.29 bits per heavy atom. The molecule has 28 heavy (non-hydrogen) atoms. The molecule has 0 atom stereocenters. The predicted octanol–water partition coefficient (Wildman–Crippen LogP) is 3.64. The molecule has 0 bridgehead atoms. The van der Waals surface area contributed by atoms with Gasteiger partial charge in [0.25, 0.3) is 5.91 Å². The zero-order valence-corrected chi connectivity index (χ0v) is 16.5. The van der Waals surface area contributed by atoms with E-state index in [-0.39, 0.29) is 17.2 Å². The molecule has 1 fully saturated rings. The number of hydrogen-bond acceptors (Lipinski definition) is 9. The Kier molecular flexibility index (Phi) is 5.40. The van der Waals surface area contributed by atoms with Crippen LogP contribution in [0.25, 0.3) is 0 Å². The smallest absolute Gasteiger partial charge is 0.279 e. The van der Waals surface area contributed by atoms with Crippen molar-refractivity contribution in [2.45, 2.75) is 23.1 Å². The number of nitrogens with one attached hydrogen (secondary N) is 1. The van der Waals surface area contributed by atoms with Crippen molar-refractivity contribution in [2.75, 3.05) is 18.2 Å². The molecule has 0 saturated heterocycles. The van der Waals surface area contributed by atoms with Crippen LogP contribution in [0.2, 0.25) is 0 Å². The van der Waals surface area contributed by atoms with Gasteiger partial charge in [-0.25, -0.2) is 0 Å². The standard InChI is InChI=1S/C18H16N4O4S2/c1-25-12-6-4-10(5-7-12)14(23)9-27-18-21-20-17(28-18)19-16(24)13-8-15(26-22-13)11-2-3-11/h4-8,11H,2-3,9H2,1H3,(H,19,20,24). The maximum Gasteiger partial charge on any atom is 0.279 e. The molecule has 10 heteroatoms. The maximum atomic E-state index is 12.3. The third kappa shape index (κ3) is 4.39. The molecule has 0 radical (unpaired) electrons. The fourth-order valence-corrected chi connectivity index (χ4v) is 4.07. The van der Waals surface area contributed by atoms with Crippen molar-refractivity contribution < 1.29 is 18.8 Å². The first-order valence-electron chi connectivity index (χ1n) is 8.54. The van der Waals surface area contributed by atoms with Gasteiger partial charge in [-0.15, -0.1) is 10.2 Å². The molecular formula is C18H16N4O4S2. The lowest BCUT2D eigenvalue weighted by molar-refractivity contribution is 0.101. The highest BCUT2D eigenvalue weighted by Gasteiger charge is 2.29. The Bertz CT molecular complexity index is 995. The average Bonchev–Trinajstić information content (AvgIpc) is 3.27. The molecule has 144 valence electrons. The first-order valence-corrected chi connectivity index (χ1v) is 10.3. The van der Waals surface area contributed by atoms with Gasteiger partial charge in [-0.3, -0.25) is 14.9 Å². The van der Waals surface area contributed by atoms with Gasteiger partial charge in [0.2, 0.25) is 5.13 Å². The van der Waals surface area contributed by atoms with Gasteiger partial charge in [0.1, 0.15) is 11.5 Å². The topological polar surface area (TPSA) is 107 Å². The summed E-state index contributed by atoms with van der Waals surface area (Å²) in [5, 5.41) is 14.7. The van der Waals surface area contributed by atoms with E-state index in [0.717, 1.165) is 18.6 Å². The number of rotatable bonds is 8. The van der Waals surface area contributed by atoms with Gasteiger partial charge in [0.05, 0.1) is 12.9 Å². The minimum absolute atomic E-state index is 0.0244. The summed E-state index contributed by atoms with van der Waals surface area (Å²) in [5.41, 5.74) is 0.824. The number of carbonyl (C=O) groups excluding carboxylic acids is 2. The zero-order valence-electron chi connectivity index (χ0n) is 14.9. The van der Waals surface area contributed by atoms with E-state index in [4.69, 9.17) is 9.26 Å². The molecule has 1 aliphatic carbocycles. The van der Waals surface area contributed by atoms with Crippen molar-refractivity contribution in [2.24, 2.45) is 0 Å². The first-order chi connectivity index (χ1) is 13.6. The minimum Gasteiger partial charge on any atom is -0.497 e. The maximum absolute atomic E-state index is 12.3. The number of methoxy groups -OCH3 is 1. The summed E-state index contributed by atoms with van der Waals surface area (Å²) in [6.07, 6.45) is 2.14. The summed E-state index contributed by atoms with van der Waals surface area (Å²) in [6.45, 7) is 0. The summed E-state index contributed by atoms with van der Waals surface area (Å²) < 4.78 is 10.9. The van der Waals surface area contributed by atoms with Crippen LogP contribution in [0.3, 0.4) is 0 Å². The summed E-state index contributed by atoms with van der Waals surface area (Å²) in [5.74, 6) is 1.65. The van der Waals surface area contributed by atoms with Crippen molar-refractivity contribution in [1.82, 2.24) is 15.4 Å². The SMILES string of the molecule is COc1ccc(C(=O)CSc2nnc(NC(=O)c3cc(C4CC4)on3)s2)cc1. The van der Waals surface area contributed by atoms with Crippen LogP contribution in [0.1, 0.15) is 45.4 Å². The molecule has 0 spiro atoms. The molecule has 1 saturated carbocycles. The summed E-state index contributed by atoms with van der Waals surface area (Å²) in [4.78, 5) is 24.5. The number of amides is 1. The highest BCUT2D eigenvalue weighted by molar-refractivity contribution is 8.01. The molecule has 3 aromatic rings. The molecule has 2 heterocycles. The van der Waals surface area contributed by atoms with Crippen LogP contribution in [0.5, 0.6) is 5.75 Å². The van der Waals surface area contributed by atoms with E-state index in [1.165, 1.54) is 23.1 Å². The molecule has 1 aromatic carbocycles. The number of anilines is 1. The molecule has 8 nitrogen and oxygen atoms in total. The van der Waals surface area contributed by atoms with Crippen LogP contribution in [0, 0.1) is 0 Å². The second-order valence-corrected chi connectivity index (χ2v) is 8.36. The first kappa shape index (κ1) is 18.6. The van der Waals surface area contributed by atoms with Gasteiger partial charge < -0.3 is 9.26 Å². The lowest BCUT2D eigenvalue weighted by atomic mass is 10.1. The van der Waals surface area contributed by atoms with Crippen LogP contribution in [-0.4, -0.2) is 39.9 Å². The Balaban J connectivity index is 1.30. The molecular weight excluding hydrogens is 400 g/mol. The minimum atomic E-state index is -0.391. The van der Waals surface area contributed by atoms with E-state index in [1.54, 1.807) is 37.4 Å². The second kappa shape index (κ2) is 8.11. The van der Waals surface area contributed by atoms with Gasteiger partial charge in [0, 0.05) is 17.5 Å². The molecule has 0 aliphatic heterocycles. The van der Waals surface area contributed by atoms with Crippen molar-refractivity contribution in [3.05, 3.63) is 47.3 Å². The zero-order chi connectivity index (χ0) is 19.5. The number of aromatic nitrogens is 3. The van der Waals surface area contributed by atoms with Crippen LogP contribution in [-0.2, 0) is 0 Å². The number of hydrogen-bond donors (Lipinski definition) is 1. The molecule has 1 amide bonds. The lowest BCUT2D eigenvalue weighted by Gasteiger charge is -2.01. The Hall–Kier alpha value is -2.72. The van der Waals surface area contributed by atoms with Gasteiger partial charge in [-0.2, -0.15) is 0 Å². The average molecular weight is 416 g/mol. The fraction of sp³-hybridized carbons (Fsp3) is 0.278. The predicted molar refractivity (Wildman–Crippen MR) is 104 cm³/mol. The summed E-state index contributed by atoms with van der Waals surface area (Å²) in [6, 6.07) is 8.60. The highest BCUT2D eigenvalue weighted by atomic mass is 32.2. The Morgan fingerprint density at radius 2 is 2.07 bits per heavy atom. The third-order valence-corrected chi connectivity index (χ3v) is 6.08. The molecule has 2 aromatic heterocycles. The highest BCUT2D eigenvalue weighted by Crippen LogP contribution is 2.40. The van der Waals surface area contributed by atoms with Crippen molar-refractivity contribution in [3.8, 4) is 5.75 Å². The second-order valence-electron chi connectivity index (χ2n) is 6.16. The fourth-order valence-electron chi connectivity index (χ4n) is 2.42. The largest absolute Gasteiger partial charge is 0.497 e. The van der Waals surface area contributed by atoms with Crippen molar-refractivity contribution >= 4 is 39.9 Å². The van der Waals surface area contributed by atoms with Crippen LogP contribution < -0.4 is 10.1 Å². The van der Waals surface area contributed by atoms with Crippen molar-refractivity contribution in [3.63, 3.8) is 0 Å². The lowest BCUT2D eigenvalue weighted by Crippen LogP contribution is -2.11. The molecule has 1 aliphatic rings. The monoisotopic (exact) mass is 416 g/mol. The van der Waals surface area contributed by atoms with Crippen molar-refractivity contribution in [1.29, 1.82) is 0 Å². The number of thioether (sulfide) groups is 1. The number of Topliss-reactive ketones (excluding diaryl/α,β-unsaturated/α-hetero) is 1. The van der Waals surface area contributed by atoms with E-state index >= 15 is 0 Å². The number of benzene rings is 1. The third-order valence-electron chi connectivity index (χ3n) is 4.11. The molecule has 4 rings (SSSR count). The molecule has 0 unspecified atom stereocenters. The van der Waals surface area contributed by atoms with E-state index in [1.807, 2.05) is 0 Å². The van der Waals surface area contributed by atoms with Gasteiger partial charge >= 0.3 is 0 Å². The van der Waals surface area contributed by atoms with E-state index in [0.29, 0.717) is 26.7 Å².